The Kier molecular flexibility index (Phi) is 6.74. The third-order valence-corrected chi connectivity index (χ3v) is 6.71. The first-order valence-corrected chi connectivity index (χ1v) is 11.0. The van der Waals surface area contributed by atoms with Crippen molar-refractivity contribution < 1.29 is 13.2 Å². The minimum absolute atomic E-state index is 0.143. The molecule has 0 unspecified atom stereocenters. The van der Waals surface area contributed by atoms with Gasteiger partial charge in [-0.3, -0.25) is 9.69 Å². The van der Waals surface area contributed by atoms with Crippen molar-refractivity contribution in [1.82, 2.24) is 14.2 Å². The number of aromatic nitrogens is 1. The largest absolute Gasteiger partial charge is 0.354 e. The normalized spacial score (nSPS) is 15.5. The van der Waals surface area contributed by atoms with Gasteiger partial charge in [-0.15, -0.1) is 0 Å². The van der Waals surface area contributed by atoms with Gasteiger partial charge < -0.3 is 10.2 Å². The lowest BCUT2D eigenvalue weighted by Crippen LogP contribution is -2.48. The van der Waals surface area contributed by atoms with Gasteiger partial charge in [0.1, 0.15) is 5.82 Å². The number of carbonyl (C=O) groups is 1. The number of anilines is 2. The summed E-state index contributed by atoms with van der Waals surface area (Å²) in [7, 11) is -0.602. The summed E-state index contributed by atoms with van der Waals surface area (Å²) in [5, 5.41) is 3.39. The minimum atomic E-state index is -3.55. The maximum absolute atomic E-state index is 12.4. The summed E-state index contributed by atoms with van der Waals surface area (Å²) in [5.41, 5.74) is 0.460. The molecule has 1 saturated heterocycles. The lowest BCUT2D eigenvalue weighted by Gasteiger charge is -2.35. The number of sulfonamides is 1. The summed E-state index contributed by atoms with van der Waals surface area (Å²) in [6.07, 6.45) is 1.63. The van der Waals surface area contributed by atoms with Gasteiger partial charge in [-0.2, -0.15) is 0 Å². The van der Waals surface area contributed by atoms with E-state index in [1.54, 1.807) is 18.3 Å². The summed E-state index contributed by atoms with van der Waals surface area (Å²) in [5.74, 6) is 0.694. The van der Waals surface area contributed by atoms with Crippen LogP contribution in [-0.2, 0) is 14.8 Å². The number of rotatable bonds is 6. The zero-order chi connectivity index (χ0) is 21.0. The third-order valence-electron chi connectivity index (χ3n) is 4.67. The Balaban J connectivity index is 1.54. The fraction of sp³-hybridized carbons (Fsp3) is 0.368. The van der Waals surface area contributed by atoms with Gasteiger partial charge in [-0.1, -0.05) is 17.7 Å². The van der Waals surface area contributed by atoms with Gasteiger partial charge in [0.25, 0.3) is 0 Å². The van der Waals surface area contributed by atoms with Gasteiger partial charge in [-0.25, -0.2) is 17.7 Å². The van der Waals surface area contributed by atoms with Crippen LogP contribution in [0.15, 0.2) is 47.5 Å². The van der Waals surface area contributed by atoms with Gasteiger partial charge >= 0.3 is 0 Å². The second-order valence-electron chi connectivity index (χ2n) is 6.96. The first-order chi connectivity index (χ1) is 13.8. The molecule has 10 heteroatoms. The molecule has 8 nitrogen and oxygen atoms in total. The molecule has 1 N–H and O–H groups in total. The molecule has 1 aromatic carbocycles. The number of nitrogens with zero attached hydrogens (tertiary/aromatic N) is 4. The number of hydrogen-bond donors (Lipinski definition) is 1. The molecule has 0 saturated carbocycles. The monoisotopic (exact) mass is 437 g/mol. The van der Waals surface area contributed by atoms with Gasteiger partial charge in [0.2, 0.25) is 15.9 Å². The van der Waals surface area contributed by atoms with E-state index in [2.05, 4.69) is 20.1 Å². The van der Waals surface area contributed by atoms with Crippen LogP contribution in [0.3, 0.4) is 0 Å². The van der Waals surface area contributed by atoms with Crippen LogP contribution in [-0.4, -0.2) is 75.3 Å². The quantitative estimate of drug-likeness (QED) is 0.741. The molecule has 156 valence electrons. The van der Waals surface area contributed by atoms with E-state index < -0.39 is 10.0 Å². The van der Waals surface area contributed by atoms with Gasteiger partial charge in [-0.05, 0) is 30.3 Å². The van der Waals surface area contributed by atoms with Crippen LogP contribution in [0.25, 0.3) is 0 Å². The second kappa shape index (κ2) is 9.08. The van der Waals surface area contributed by atoms with Crippen molar-refractivity contribution in [3.8, 4) is 0 Å². The van der Waals surface area contributed by atoms with E-state index in [9.17, 15) is 13.2 Å². The first kappa shape index (κ1) is 21.5. The van der Waals surface area contributed by atoms with Crippen molar-refractivity contribution in [3.05, 3.63) is 47.6 Å². The second-order valence-corrected chi connectivity index (χ2v) is 9.55. The highest BCUT2D eigenvalue weighted by molar-refractivity contribution is 7.89. The number of pyridine rings is 1. The molecule has 1 aliphatic rings. The van der Waals surface area contributed by atoms with Crippen LogP contribution in [0, 0.1) is 0 Å². The molecule has 1 fully saturated rings. The molecule has 0 radical (unpaired) electrons. The molecular formula is C19H24ClN5O3S. The molecule has 2 heterocycles. The molecule has 1 aromatic heterocycles. The molecule has 0 bridgehead atoms. The lowest BCUT2D eigenvalue weighted by molar-refractivity contribution is -0.117. The maximum Gasteiger partial charge on any atom is 0.242 e. The van der Waals surface area contributed by atoms with Gasteiger partial charge in [0.15, 0.2) is 0 Å². The number of amides is 1. The van der Waals surface area contributed by atoms with Gasteiger partial charge in [0.05, 0.1) is 16.5 Å². The SMILES string of the molecule is CN(C)S(=O)(=O)c1cccc(NC(=O)CN2CCN(c3ccc(Cl)cn3)CC2)c1. The summed E-state index contributed by atoms with van der Waals surface area (Å²) in [6, 6.07) is 9.97. The Bertz CT molecular complexity index is 958. The van der Waals surface area contributed by atoms with E-state index in [0.29, 0.717) is 10.7 Å². The average molecular weight is 438 g/mol. The fourth-order valence-electron chi connectivity index (χ4n) is 3.04. The summed E-state index contributed by atoms with van der Waals surface area (Å²) in [4.78, 5) is 21.1. The van der Waals surface area contributed by atoms with E-state index in [1.807, 2.05) is 12.1 Å². The van der Waals surface area contributed by atoms with Crippen molar-refractivity contribution in [2.24, 2.45) is 0 Å². The van der Waals surface area contributed by atoms with Gasteiger partial charge in [0, 0.05) is 52.2 Å². The highest BCUT2D eigenvalue weighted by atomic mass is 35.5. The summed E-state index contributed by atoms with van der Waals surface area (Å²) >= 11 is 5.88. The molecule has 3 rings (SSSR count). The lowest BCUT2D eigenvalue weighted by atomic mass is 10.3. The van der Waals surface area contributed by atoms with Crippen molar-refractivity contribution in [2.45, 2.75) is 4.90 Å². The van der Waals surface area contributed by atoms with Crippen LogP contribution >= 0.6 is 11.6 Å². The molecular weight excluding hydrogens is 414 g/mol. The van der Waals surface area contributed by atoms with Crippen LogP contribution in [0.4, 0.5) is 11.5 Å². The molecule has 1 amide bonds. The average Bonchev–Trinajstić information content (AvgIpc) is 2.69. The third kappa shape index (κ3) is 5.45. The molecule has 0 atom stereocenters. The number of piperazine rings is 1. The number of halogens is 1. The maximum atomic E-state index is 12.4. The van der Waals surface area contributed by atoms with Crippen molar-refractivity contribution >= 4 is 39.0 Å². The molecule has 29 heavy (non-hydrogen) atoms. The molecule has 0 aliphatic carbocycles. The topological polar surface area (TPSA) is 85.8 Å². The Morgan fingerprint density at radius 3 is 2.52 bits per heavy atom. The van der Waals surface area contributed by atoms with Crippen molar-refractivity contribution in [3.63, 3.8) is 0 Å². The van der Waals surface area contributed by atoms with E-state index >= 15 is 0 Å². The van der Waals surface area contributed by atoms with Crippen molar-refractivity contribution in [1.29, 1.82) is 0 Å². The first-order valence-electron chi connectivity index (χ1n) is 9.17. The summed E-state index contributed by atoms with van der Waals surface area (Å²) in [6.45, 7) is 3.23. The zero-order valence-electron chi connectivity index (χ0n) is 16.4. The van der Waals surface area contributed by atoms with Crippen LogP contribution in [0.1, 0.15) is 0 Å². The molecule has 0 spiro atoms. The van der Waals surface area contributed by atoms with Crippen LogP contribution in [0.5, 0.6) is 0 Å². The number of hydrogen-bond acceptors (Lipinski definition) is 6. The fourth-order valence-corrected chi connectivity index (χ4v) is 4.10. The van der Waals surface area contributed by atoms with Crippen LogP contribution < -0.4 is 10.2 Å². The predicted octanol–water partition coefficient (Wildman–Crippen LogP) is 1.75. The smallest absolute Gasteiger partial charge is 0.242 e. The zero-order valence-corrected chi connectivity index (χ0v) is 17.9. The highest BCUT2D eigenvalue weighted by Crippen LogP contribution is 2.19. The highest BCUT2D eigenvalue weighted by Gasteiger charge is 2.21. The Morgan fingerprint density at radius 2 is 1.90 bits per heavy atom. The van der Waals surface area contributed by atoms with E-state index in [0.717, 1.165) is 36.3 Å². The minimum Gasteiger partial charge on any atom is -0.354 e. The van der Waals surface area contributed by atoms with Crippen LogP contribution in [0.2, 0.25) is 5.02 Å². The molecule has 1 aliphatic heterocycles. The number of carbonyl (C=O) groups excluding carboxylic acids is 1. The van der Waals surface area contributed by atoms with Crippen molar-refractivity contribution in [2.75, 3.05) is 57.0 Å². The standard InChI is InChI=1S/C19H24ClN5O3S/c1-23(2)29(27,28)17-5-3-4-16(12-17)22-19(26)14-24-8-10-25(11-9-24)18-7-6-15(20)13-21-18/h3-7,12-13H,8-11,14H2,1-2H3,(H,22,26). The predicted molar refractivity (Wildman–Crippen MR) is 114 cm³/mol. The Labute approximate surface area is 176 Å². The Morgan fingerprint density at radius 1 is 1.17 bits per heavy atom. The molecule has 2 aromatic rings. The summed E-state index contributed by atoms with van der Waals surface area (Å²) < 4.78 is 25.6. The number of nitrogens with one attached hydrogen (secondary N) is 1. The van der Waals surface area contributed by atoms with E-state index in [4.69, 9.17) is 11.6 Å². The van der Waals surface area contributed by atoms with E-state index in [1.165, 1.54) is 26.2 Å². The van der Waals surface area contributed by atoms with E-state index in [-0.39, 0.29) is 17.3 Å². The Hall–Kier alpha value is -2.20. The number of benzene rings is 1.